The molecule has 0 aliphatic rings. The molecule has 1 aromatic rings. The van der Waals surface area contributed by atoms with Gasteiger partial charge >= 0.3 is 0 Å². The molecule has 0 aliphatic heterocycles. The number of pyridine rings is 1. The van der Waals surface area contributed by atoms with Crippen LogP contribution in [-0.4, -0.2) is 34.9 Å². The Bertz CT molecular complexity index is 286. The lowest BCUT2D eigenvalue weighted by molar-refractivity contribution is 0.280. The van der Waals surface area contributed by atoms with Gasteiger partial charge in [-0.3, -0.25) is 4.98 Å². The molecule has 0 unspecified atom stereocenters. The smallest absolute Gasteiger partial charge is 0.0703 e. The molecular formula is C11H18N2O2. The third-order valence-corrected chi connectivity index (χ3v) is 2.26. The Morgan fingerprint density at radius 3 is 2.73 bits per heavy atom. The van der Waals surface area contributed by atoms with Crippen LogP contribution in [0.25, 0.3) is 0 Å². The minimum absolute atomic E-state index is 0.00347. The number of anilines is 1. The van der Waals surface area contributed by atoms with Crippen molar-refractivity contribution in [3.63, 3.8) is 0 Å². The zero-order valence-corrected chi connectivity index (χ0v) is 9.06. The van der Waals surface area contributed by atoms with Gasteiger partial charge in [0.1, 0.15) is 0 Å². The normalized spacial score (nSPS) is 10.3. The largest absolute Gasteiger partial charge is 0.395 e. The highest BCUT2D eigenvalue weighted by Gasteiger charge is 2.09. The highest BCUT2D eigenvalue weighted by Crippen LogP contribution is 2.18. The molecule has 1 rings (SSSR count). The van der Waals surface area contributed by atoms with E-state index in [1.165, 1.54) is 0 Å². The molecular weight excluding hydrogens is 192 g/mol. The predicted molar refractivity (Wildman–Crippen MR) is 59.7 cm³/mol. The van der Waals surface area contributed by atoms with Crippen LogP contribution >= 0.6 is 0 Å². The molecule has 0 spiro atoms. The van der Waals surface area contributed by atoms with Crippen LogP contribution in [0.5, 0.6) is 0 Å². The van der Waals surface area contributed by atoms with E-state index in [1.54, 1.807) is 18.5 Å². The summed E-state index contributed by atoms with van der Waals surface area (Å²) in [6, 6.07) is 1.80. The third-order valence-electron chi connectivity index (χ3n) is 2.26. The van der Waals surface area contributed by atoms with Gasteiger partial charge in [-0.2, -0.15) is 0 Å². The SMILES string of the molecule is CCCN(CCO)c1cnccc1CO. The number of aromatic nitrogens is 1. The van der Waals surface area contributed by atoms with Crippen molar-refractivity contribution in [1.29, 1.82) is 0 Å². The Morgan fingerprint density at radius 1 is 1.33 bits per heavy atom. The number of aliphatic hydroxyl groups is 2. The first kappa shape index (κ1) is 11.9. The fourth-order valence-electron chi connectivity index (χ4n) is 1.58. The number of hydrogen-bond donors (Lipinski definition) is 2. The van der Waals surface area contributed by atoms with E-state index < -0.39 is 0 Å². The molecule has 4 heteroatoms. The highest BCUT2D eigenvalue weighted by molar-refractivity contribution is 5.51. The second-order valence-corrected chi connectivity index (χ2v) is 3.37. The van der Waals surface area contributed by atoms with Crippen molar-refractivity contribution >= 4 is 5.69 Å². The molecule has 4 nitrogen and oxygen atoms in total. The fourth-order valence-corrected chi connectivity index (χ4v) is 1.58. The summed E-state index contributed by atoms with van der Waals surface area (Å²) in [5, 5.41) is 18.2. The molecule has 0 fully saturated rings. The Kier molecular flexibility index (Phi) is 5.07. The van der Waals surface area contributed by atoms with Crippen molar-refractivity contribution in [2.45, 2.75) is 20.0 Å². The van der Waals surface area contributed by atoms with Crippen molar-refractivity contribution in [3.8, 4) is 0 Å². The van der Waals surface area contributed by atoms with Crippen LogP contribution in [0.2, 0.25) is 0 Å². The predicted octanol–water partition coefficient (Wildman–Crippen LogP) is 0.783. The lowest BCUT2D eigenvalue weighted by atomic mass is 10.2. The van der Waals surface area contributed by atoms with Gasteiger partial charge in [-0.1, -0.05) is 6.92 Å². The maximum Gasteiger partial charge on any atom is 0.0703 e. The maximum atomic E-state index is 9.19. The molecule has 0 saturated heterocycles. The van der Waals surface area contributed by atoms with Gasteiger partial charge in [-0.25, -0.2) is 0 Å². The summed E-state index contributed by atoms with van der Waals surface area (Å²) >= 11 is 0. The first-order valence-electron chi connectivity index (χ1n) is 5.23. The standard InChI is InChI=1S/C11H18N2O2/c1-2-5-13(6-7-14)11-8-12-4-3-10(11)9-15/h3-4,8,14-15H,2,5-7,9H2,1H3. The molecule has 0 aliphatic carbocycles. The van der Waals surface area contributed by atoms with Gasteiger partial charge in [0.25, 0.3) is 0 Å². The quantitative estimate of drug-likeness (QED) is 0.728. The molecule has 84 valence electrons. The van der Waals surface area contributed by atoms with Crippen LogP contribution in [0.15, 0.2) is 18.5 Å². The molecule has 1 aromatic heterocycles. The van der Waals surface area contributed by atoms with E-state index in [4.69, 9.17) is 5.11 Å². The van der Waals surface area contributed by atoms with Crippen molar-refractivity contribution in [3.05, 3.63) is 24.0 Å². The molecule has 2 N–H and O–H groups in total. The van der Waals surface area contributed by atoms with Gasteiger partial charge in [-0.15, -0.1) is 0 Å². The molecule has 0 radical (unpaired) electrons. The summed E-state index contributed by atoms with van der Waals surface area (Å²) in [6.45, 7) is 3.63. The van der Waals surface area contributed by atoms with Crippen LogP contribution in [-0.2, 0) is 6.61 Å². The van der Waals surface area contributed by atoms with Crippen molar-refractivity contribution < 1.29 is 10.2 Å². The molecule has 0 aromatic carbocycles. The molecule has 0 atom stereocenters. The lowest BCUT2D eigenvalue weighted by Gasteiger charge is -2.24. The second kappa shape index (κ2) is 6.37. The fraction of sp³-hybridized carbons (Fsp3) is 0.545. The van der Waals surface area contributed by atoms with Crippen LogP contribution in [0.4, 0.5) is 5.69 Å². The first-order chi connectivity index (χ1) is 7.33. The topological polar surface area (TPSA) is 56.6 Å². The van der Waals surface area contributed by atoms with Gasteiger partial charge in [0.05, 0.1) is 25.1 Å². The van der Waals surface area contributed by atoms with E-state index in [-0.39, 0.29) is 13.2 Å². The number of rotatable bonds is 6. The zero-order chi connectivity index (χ0) is 11.1. The van der Waals surface area contributed by atoms with E-state index in [2.05, 4.69) is 11.9 Å². The molecule has 0 saturated carbocycles. The minimum Gasteiger partial charge on any atom is -0.395 e. The van der Waals surface area contributed by atoms with Crippen LogP contribution in [0, 0.1) is 0 Å². The first-order valence-corrected chi connectivity index (χ1v) is 5.23. The Morgan fingerprint density at radius 2 is 2.13 bits per heavy atom. The van der Waals surface area contributed by atoms with Gasteiger partial charge in [0, 0.05) is 24.8 Å². The Hall–Kier alpha value is -1.13. The summed E-state index contributed by atoms with van der Waals surface area (Å²) in [5.41, 5.74) is 1.77. The average molecular weight is 210 g/mol. The van der Waals surface area contributed by atoms with E-state index in [0.717, 1.165) is 24.2 Å². The van der Waals surface area contributed by atoms with Crippen LogP contribution in [0.1, 0.15) is 18.9 Å². The second-order valence-electron chi connectivity index (χ2n) is 3.37. The Balaban J connectivity index is 2.88. The van der Waals surface area contributed by atoms with Crippen molar-refractivity contribution in [1.82, 2.24) is 4.98 Å². The van der Waals surface area contributed by atoms with Gasteiger partial charge in [-0.05, 0) is 12.5 Å². The van der Waals surface area contributed by atoms with Gasteiger partial charge in [0.2, 0.25) is 0 Å². The summed E-state index contributed by atoms with van der Waals surface area (Å²) in [4.78, 5) is 6.08. The van der Waals surface area contributed by atoms with E-state index in [0.29, 0.717) is 6.54 Å². The summed E-state index contributed by atoms with van der Waals surface area (Å²) < 4.78 is 0. The summed E-state index contributed by atoms with van der Waals surface area (Å²) in [5.74, 6) is 0. The number of hydrogen-bond acceptors (Lipinski definition) is 4. The van der Waals surface area contributed by atoms with Gasteiger partial charge < -0.3 is 15.1 Å². The van der Waals surface area contributed by atoms with Crippen molar-refractivity contribution in [2.75, 3.05) is 24.6 Å². The molecule has 0 bridgehead atoms. The third kappa shape index (κ3) is 3.18. The van der Waals surface area contributed by atoms with Gasteiger partial charge in [0.15, 0.2) is 0 Å². The zero-order valence-electron chi connectivity index (χ0n) is 9.06. The van der Waals surface area contributed by atoms with Crippen molar-refractivity contribution in [2.24, 2.45) is 0 Å². The molecule has 0 amide bonds. The molecule has 1 heterocycles. The monoisotopic (exact) mass is 210 g/mol. The lowest BCUT2D eigenvalue weighted by Crippen LogP contribution is -2.28. The maximum absolute atomic E-state index is 9.19. The highest BCUT2D eigenvalue weighted by atomic mass is 16.3. The average Bonchev–Trinajstić information content (AvgIpc) is 2.29. The summed E-state index contributed by atoms with van der Waals surface area (Å²) in [7, 11) is 0. The van der Waals surface area contributed by atoms with E-state index in [1.807, 2.05) is 4.90 Å². The van der Waals surface area contributed by atoms with E-state index in [9.17, 15) is 5.11 Å². The van der Waals surface area contributed by atoms with Crippen LogP contribution in [0.3, 0.4) is 0 Å². The summed E-state index contributed by atoms with van der Waals surface area (Å²) in [6.07, 6.45) is 4.40. The Labute approximate surface area is 90.2 Å². The number of nitrogens with zero attached hydrogens (tertiary/aromatic N) is 2. The van der Waals surface area contributed by atoms with E-state index >= 15 is 0 Å². The minimum atomic E-state index is 0.00347. The number of aliphatic hydroxyl groups excluding tert-OH is 2. The molecule has 15 heavy (non-hydrogen) atoms. The van der Waals surface area contributed by atoms with Crippen LogP contribution < -0.4 is 4.90 Å².